The van der Waals surface area contributed by atoms with Crippen molar-refractivity contribution in [1.82, 2.24) is 14.8 Å². The van der Waals surface area contributed by atoms with E-state index in [0.29, 0.717) is 5.88 Å². The Morgan fingerprint density at radius 1 is 1.11 bits per heavy atom. The minimum Gasteiger partial charge on any atom is -0.310 e. The maximum absolute atomic E-state index is 5.89. The van der Waals surface area contributed by atoms with Crippen molar-refractivity contribution in [2.75, 3.05) is 0 Å². The Kier molecular flexibility index (Phi) is 3.71. The van der Waals surface area contributed by atoms with Crippen molar-refractivity contribution in [2.24, 2.45) is 0 Å². The van der Waals surface area contributed by atoms with Gasteiger partial charge in [-0.3, -0.25) is 0 Å². The summed E-state index contributed by atoms with van der Waals surface area (Å²) in [5, 5.41) is 8.48. The van der Waals surface area contributed by atoms with Crippen LogP contribution in [0.25, 0.3) is 11.4 Å². The summed E-state index contributed by atoms with van der Waals surface area (Å²) >= 11 is 5.89. The zero-order chi connectivity index (χ0) is 13.3. The van der Waals surface area contributed by atoms with Crippen LogP contribution in [0.4, 0.5) is 0 Å². The first-order chi connectivity index (χ1) is 8.58. The molecule has 0 saturated carbocycles. The van der Waals surface area contributed by atoms with Crippen LogP contribution in [0.5, 0.6) is 0 Å². The van der Waals surface area contributed by atoms with Crippen LogP contribution in [0.3, 0.4) is 0 Å². The monoisotopic (exact) mass is 263 g/mol. The molecule has 0 fully saturated rings. The lowest BCUT2D eigenvalue weighted by atomic mass is 9.99. The molecule has 0 unspecified atom stereocenters. The average molecular weight is 264 g/mol. The number of rotatable bonds is 3. The lowest BCUT2D eigenvalue weighted by Gasteiger charge is -2.12. The molecule has 0 saturated heterocycles. The maximum Gasteiger partial charge on any atom is 0.164 e. The van der Waals surface area contributed by atoms with E-state index in [-0.39, 0.29) is 0 Å². The molecule has 0 amide bonds. The van der Waals surface area contributed by atoms with Gasteiger partial charge in [-0.15, -0.1) is 21.8 Å². The molecule has 0 atom stereocenters. The molecule has 2 rings (SSSR count). The quantitative estimate of drug-likeness (QED) is 0.792. The summed E-state index contributed by atoms with van der Waals surface area (Å²) in [5.41, 5.74) is 4.91. The van der Waals surface area contributed by atoms with Gasteiger partial charge in [0, 0.05) is 12.1 Å². The molecular formula is C14H18ClN3. The van der Waals surface area contributed by atoms with Crippen molar-refractivity contribution in [3.8, 4) is 11.4 Å². The average Bonchev–Trinajstić information content (AvgIpc) is 2.70. The largest absolute Gasteiger partial charge is 0.310 e. The number of benzene rings is 1. The highest BCUT2D eigenvalue weighted by molar-refractivity contribution is 6.16. The van der Waals surface area contributed by atoms with Gasteiger partial charge in [-0.05, 0) is 38.8 Å². The lowest BCUT2D eigenvalue weighted by molar-refractivity contribution is 0.730. The minimum atomic E-state index is 0.394. The Morgan fingerprint density at radius 3 is 2.22 bits per heavy atom. The predicted molar refractivity (Wildman–Crippen MR) is 74.9 cm³/mol. The number of hydrogen-bond donors (Lipinski definition) is 0. The molecule has 0 bridgehead atoms. The molecule has 3 nitrogen and oxygen atoms in total. The fourth-order valence-electron chi connectivity index (χ4n) is 2.48. The standard InChI is InChI=1S/C14H18ClN3/c1-5-18-12(8-15)16-17-14(18)13-10(3)6-9(2)7-11(13)4/h6-7H,5,8H2,1-4H3. The summed E-state index contributed by atoms with van der Waals surface area (Å²) in [7, 11) is 0. The van der Waals surface area contributed by atoms with Crippen LogP contribution < -0.4 is 0 Å². The zero-order valence-corrected chi connectivity index (χ0v) is 12.0. The van der Waals surface area contributed by atoms with Crippen LogP contribution in [-0.4, -0.2) is 14.8 Å². The number of alkyl halides is 1. The summed E-state index contributed by atoms with van der Waals surface area (Å²) in [6, 6.07) is 4.36. The number of aromatic nitrogens is 3. The first-order valence-corrected chi connectivity index (χ1v) is 6.68. The molecular weight excluding hydrogens is 246 g/mol. The van der Waals surface area contributed by atoms with Crippen LogP contribution in [-0.2, 0) is 12.4 Å². The Bertz CT molecular complexity index is 549. The van der Waals surface area contributed by atoms with Crippen LogP contribution in [0.2, 0.25) is 0 Å². The molecule has 0 radical (unpaired) electrons. The molecule has 0 aliphatic heterocycles. The molecule has 0 spiro atoms. The van der Waals surface area contributed by atoms with E-state index in [0.717, 1.165) is 18.2 Å². The van der Waals surface area contributed by atoms with Crippen LogP contribution in [0.1, 0.15) is 29.4 Å². The first kappa shape index (κ1) is 13.1. The van der Waals surface area contributed by atoms with Crippen molar-refractivity contribution in [3.63, 3.8) is 0 Å². The molecule has 1 heterocycles. The van der Waals surface area contributed by atoms with Crippen molar-refractivity contribution in [1.29, 1.82) is 0 Å². The van der Waals surface area contributed by atoms with Crippen molar-refractivity contribution >= 4 is 11.6 Å². The molecule has 4 heteroatoms. The van der Waals surface area contributed by atoms with Crippen LogP contribution in [0, 0.1) is 20.8 Å². The molecule has 0 aliphatic rings. The van der Waals surface area contributed by atoms with Crippen molar-refractivity contribution < 1.29 is 0 Å². The molecule has 0 N–H and O–H groups in total. The van der Waals surface area contributed by atoms with E-state index in [4.69, 9.17) is 11.6 Å². The first-order valence-electron chi connectivity index (χ1n) is 6.14. The molecule has 1 aromatic carbocycles. The highest BCUT2D eigenvalue weighted by Gasteiger charge is 2.15. The van der Waals surface area contributed by atoms with E-state index in [1.807, 2.05) is 0 Å². The topological polar surface area (TPSA) is 30.7 Å². The third-order valence-corrected chi connectivity index (χ3v) is 3.40. The molecule has 18 heavy (non-hydrogen) atoms. The zero-order valence-electron chi connectivity index (χ0n) is 11.3. The van der Waals surface area contributed by atoms with E-state index in [9.17, 15) is 0 Å². The summed E-state index contributed by atoms with van der Waals surface area (Å²) in [6.07, 6.45) is 0. The molecule has 96 valence electrons. The fraction of sp³-hybridized carbons (Fsp3) is 0.429. The summed E-state index contributed by atoms with van der Waals surface area (Å²) in [5.74, 6) is 2.14. The van der Waals surface area contributed by atoms with E-state index < -0.39 is 0 Å². The van der Waals surface area contributed by atoms with Gasteiger partial charge in [0.25, 0.3) is 0 Å². The smallest absolute Gasteiger partial charge is 0.164 e. The molecule has 1 aromatic heterocycles. The number of halogens is 1. The SMILES string of the molecule is CCn1c(CCl)nnc1-c1c(C)cc(C)cc1C. The maximum atomic E-state index is 5.89. The van der Waals surface area contributed by atoms with Gasteiger partial charge in [-0.1, -0.05) is 17.7 Å². The van der Waals surface area contributed by atoms with Gasteiger partial charge < -0.3 is 4.57 Å². The Labute approximate surface area is 113 Å². The van der Waals surface area contributed by atoms with Gasteiger partial charge in [0.05, 0.1) is 5.88 Å². The second-order valence-corrected chi connectivity index (χ2v) is 4.86. The van der Waals surface area contributed by atoms with Crippen LogP contribution >= 0.6 is 11.6 Å². The van der Waals surface area contributed by atoms with E-state index in [2.05, 4.69) is 54.6 Å². The van der Waals surface area contributed by atoms with E-state index >= 15 is 0 Å². The van der Waals surface area contributed by atoms with Crippen molar-refractivity contribution in [2.45, 2.75) is 40.1 Å². The van der Waals surface area contributed by atoms with Gasteiger partial charge in [0.15, 0.2) is 5.82 Å². The van der Waals surface area contributed by atoms with Gasteiger partial charge in [0.1, 0.15) is 5.82 Å². The van der Waals surface area contributed by atoms with E-state index in [1.54, 1.807) is 0 Å². The summed E-state index contributed by atoms with van der Waals surface area (Å²) in [4.78, 5) is 0. The minimum absolute atomic E-state index is 0.394. The predicted octanol–water partition coefficient (Wildman–Crippen LogP) is 3.63. The van der Waals surface area contributed by atoms with E-state index in [1.165, 1.54) is 22.3 Å². The van der Waals surface area contributed by atoms with Crippen LogP contribution in [0.15, 0.2) is 12.1 Å². The molecule has 0 aliphatic carbocycles. The second kappa shape index (κ2) is 5.11. The van der Waals surface area contributed by atoms with Gasteiger partial charge in [-0.2, -0.15) is 0 Å². The number of hydrogen-bond acceptors (Lipinski definition) is 2. The fourth-order valence-corrected chi connectivity index (χ4v) is 2.68. The Hall–Kier alpha value is -1.35. The summed E-state index contributed by atoms with van der Waals surface area (Å²) < 4.78 is 2.08. The van der Waals surface area contributed by atoms with Gasteiger partial charge in [-0.25, -0.2) is 0 Å². The lowest BCUT2D eigenvalue weighted by Crippen LogP contribution is -2.04. The normalized spacial score (nSPS) is 10.9. The highest BCUT2D eigenvalue weighted by Crippen LogP contribution is 2.27. The Morgan fingerprint density at radius 2 is 1.72 bits per heavy atom. The number of aryl methyl sites for hydroxylation is 3. The second-order valence-electron chi connectivity index (χ2n) is 4.59. The van der Waals surface area contributed by atoms with Gasteiger partial charge >= 0.3 is 0 Å². The van der Waals surface area contributed by atoms with Crippen molar-refractivity contribution in [3.05, 3.63) is 34.6 Å². The Balaban J connectivity index is 2.66. The van der Waals surface area contributed by atoms with Gasteiger partial charge in [0.2, 0.25) is 0 Å². The third-order valence-electron chi connectivity index (χ3n) is 3.16. The summed E-state index contributed by atoms with van der Waals surface area (Å²) in [6.45, 7) is 9.26. The highest BCUT2D eigenvalue weighted by atomic mass is 35.5. The third kappa shape index (κ3) is 2.15. The molecule has 2 aromatic rings. The number of nitrogens with zero attached hydrogens (tertiary/aromatic N) is 3.